The van der Waals surface area contributed by atoms with Gasteiger partial charge >= 0.3 is 5.76 Å². The molecule has 2 aromatic carbocycles. The van der Waals surface area contributed by atoms with Crippen molar-refractivity contribution < 1.29 is 17.6 Å². The minimum Gasteiger partial charge on any atom is -0.299 e. The lowest BCUT2D eigenvalue weighted by Gasteiger charge is -2.17. The summed E-state index contributed by atoms with van der Waals surface area (Å²) in [6.45, 7) is 0. The van der Waals surface area contributed by atoms with Gasteiger partial charge in [0.25, 0.3) is 0 Å². The normalized spacial score (nSPS) is 13.4. The minimum absolute atomic E-state index is 0.180. The minimum atomic E-state index is -3.85. The maximum Gasteiger partial charge on any atom is 0.319 e. The Balaban J connectivity index is 2.65. The first-order valence-electron chi connectivity index (χ1n) is 5.47. The molecule has 2 aromatic rings. The topological polar surface area (TPSA) is 34.1 Å². The van der Waals surface area contributed by atoms with Gasteiger partial charge in [-0.1, -0.05) is 60.7 Å². The molecule has 2 nitrogen and oxygen atoms in total. The van der Waals surface area contributed by atoms with Crippen molar-refractivity contribution in [3.05, 3.63) is 60.7 Å². The van der Waals surface area contributed by atoms with E-state index in [-0.39, 0.29) is 10.6 Å². The SMILES string of the molecule is O=S(C(F)F)P(=O)(c1ccccc1)c1ccccc1. The van der Waals surface area contributed by atoms with Crippen molar-refractivity contribution >= 4 is 27.4 Å². The van der Waals surface area contributed by atoms with E-state index in [9.17, 15) is 17.6 Å². The maximum absolute atomic E-state index is 13.0. The molecule has 0 amide bonds. The Morgan fingerprint density at radius 1 is 0.842 bits per heavy atom. The molecular weight excluding hydrogens is 289 g/mol. The fourth-order valence-corrected chi connectivity index (χ4v) is 6.44. The first-order chi connectivity index (χ1) is 9.06. The van der Waals surface area contributed by atoms with Crippen molar-refractivity contribution in [2.75, 3.05) is 0 Å². The molecule has 0 heterocycles. The highest BCUT2D eigenvalue weighted by atomic mass is 32.8. The molecule has 0 aliphatic heterocycles. The van der Waals surface area contributed by atoms with Crippen LogP contribution < -0.4 is 10.6 Å². The zero-order valence-electron chi connectivity index (χ0n) is 9.78. The second kappa shape index (κ2) is 5.76. The fraction of sp³-hybridized carbons (Fsp3) is 0.0769. The molecule has 100 valence electrons. The third-order valence-corrected chi connectivity index (χ3v) is 8.63. The van der Waals surface area contributed by atoms with Gasteiger partial charge in [-0.05, 0) is 0 Å². The van der Waals surface area contributed by atoms with Gasteiger partial charge in [-0.15, -0.1) is 0 Å². The lowest BCUT2D eigenvalue weighted by atomic mass is 10.4. The van der Waals surface area contributed by atoms with Gasteiger partial charge in [-0.3, -0.25) is 4.57 Å². The van der Waals surface area contributed by atoms with Crippen molar-refractivity contribution in [1.82, 2.24) is 0 Å². The van der Waals surface area contributed by atoms with E-state index in [0.717, 1.165) is 0 Å². The molecule has 2 rings (SSSR count). The Kier molecular flexibility index (Phi) is 4.27. The molecule has 0 fully saturated rings. The third-order valence-electron chi connectivity index (χ3n) is 2.60. The Hall–Kier alpha value is -1.32. The van der Waals surface area contributed by atoms with Crippen molar-refractivity contribution in [3.8, 4) is 0 Å². The summed E-state index contributed by atoms with van der Waals surface area (Å²) in [7, 11) is -2.75. The van der Waals surface area contributed by atoms with Crippen molar-refractivity contribution in [2.45, 2.75) is 5.76 Å². The highest BCUT2D eigenvalue weighted by Crippen LogP contribution is 2.49. The highest BCUT2D eigenvalue weighted by molar-refractivity contribution is 8.54. The van der Waals surface area contributed by atoms with Gasteiger partial charge < -0.3 is 0 Å². The van der Waals surface area contributed by atoms with Crippen LogP contribution in [-0.2, 0) is 15.0 Å². The molecule has 0 N–H and O–H groups in total. The molecule has 6 heteroatoms. The molecule has 0 aliphatic carbocycles. The van der Waals surface area contributed by atoms with E-state index in [1.807, 2.05) is 0 Å². The first-order valence-corrected chi connectivity index (χ1v) is 9.00. The number of hydrogen-bond donors (Lipinski definition) is 0. The van der Waals surface area contributed by atoms with E-state index < -0.39 is 22.5 Å². The van der Waals surface area contributed by atoms with Crippen LogP contribution >= 0.6 is 6.34 Å². The zero-order chi connectivity index (χ0) is 13.9. The van der Waals surface area contributed by atoms with E-state index in [0.29, 0.717) is 0 Å². The van der Waals surface area contributed by atoms with Gasteiger partial charge in [0.2, 0.25) is 6.34 Å². The van der Waals surface area contributed by atoms with Crippen LogP contribution in [0.15, 0.2) is 60.7 Å². The molecule has 1 unspecified atom stereocenters. The summed E-state index contributed by atoms with van der Waals surface area (Å²) in [4.78, 5) is 0. The Labute approximate surface area is 112 Å². The quantitative estimate of drug-likeness (QED) is 0.814. The van der Waals surface area contributed by atoms with E-state index in [1.54, 1.807) is 36.4 Å². The van der Waals surface area contributed by atoms with Gasteiger partial charge in [0.15, 0.2) is 10.4 Å². The number of hydrogen-bond acceptors (Lipinski definition) is 2. The van der Waals surface area contributed by atoms with Crippen LogP contribution in [0.4, 0.5) is 8.78 Å². The standard InChI is InChI=1S/C13H11F2O2PS/c14-13(15)19(17)18(16,11-7-3-1-4-8-11)12-9-5-2-6-10-12/h1-10,13H. The summed E-state index contributed by atoms with van der Waals surface area (Å²) >= 11 is 0. The molecule has 19 heavy (non-hydrogen) atoms. The number of halogens is 2. The fourth-order valence-electron chi connectivity index (χ4n) is 1.72. The average molecular weight is 300 g/mol. The van der Waals surface area contributed by atoms with E-state index in [4.69, 9.17) is 0 Å². The predicted octanol–water partition coefficient (Wildman–Crippen LogP) is 2.89. The van der Waals surface area contributed by atoms with Gasteiger partial charge in [0.05, 0.1) is 0 Å². The smallest absolute Gasteiger partial charge is 0.299 e. The Morgan fingerprint density at radius 2 is 1.21 bits per heavy atom. The van der Waals surface area contributed by atoms with Crippen LogP contribution in [0.5, 0.6) is 0 Å². The lowest BCUT2D eigenvalue weighted by molar-refractivity contribution is 0.246. The van der Waals surface area contributed by atoms with Crippen LogP contribution in [0.3, 0.4) is 0 Å². The Bertz CT molecular complexity index is 574. The molecule has 0 saturated heterocycles. The molecule has 0 saturated carbocycles. The van der Waals surface area contributed by atoms with Gasteiger partial charge in [-0.2, -0.15) is 8.78 Å². The van der Waals surface area contributed by atoms with E-state index in [2.05, 4.69) is 0 Å². The zero-order valence-corrected chi connectivity index (χ0v) is 11.5. The highest BCUT2D eigenvalue weighted by Gasteiger charge is 2.39. The summed E-state index contributed by atoms with van der Waals surface area (Å²) in [5, 5.41) is 0.361. The monoisotopic (exact) mass is 300 g/mol. The third kappa shape index (κ3) is 2.67. The molecule has 0 aromatic heterocycles. The van der Waals surface area contributed by atoms with E-state index in [1.165, 1.54) is 24.3 Å². The van der Waals surface area contributed by atoms with Crippen LogP contribution in [0.1, 0.15) is 0 Å². The van der Waals surface area contributed by atoms with Gasteiger partial charge in [-0.25, -0.2) is 4.21 Å². The second-order valence-corrected chi connectivity index (χ2v) is 9.43. The molecule has 0 radical (unpaired) electrons. The van der Waals surface area contributed by atoms with Crippen LogP contribution in [0.2, 0.25) is 0 Å². The van der Waals surface area contributed by atoms with Crippen LogP contribution in [0.25, 0.3) is 0 Å². The molecular formula is C13H11F2O2PS. The van der Waals surface area contributed by atoms with Crippen molar-refractivity contribution in [3.63, 3.8) is 0 Å². The molecule has 0 spiro atoms. The van der Waals surface area contributed by atoms with Crippen molar-refractivity contribution in [2.24, 2.45) is 0 Å². The van der Waals surface area contributed by atoms with Gasteiger partial charge in [0.1, 0.15) is 0 Å². The maximum atomic E-state index is 13.0. The first kappa shape index (κ1) is 14.1. The molecule has 1 atom stereocenters. The van der Waals surface area contributed by atoms with Crippen LogP contribution in [0, 0.1) is 0 Å². The second-order valence-electron chi connectivity index (χ2n) is 3.76. The average Bonchev–Trinajstić information content (AvgIpc) is 2.47. The molecule has 0 aliphatic rings. The predicted molar refractivity (Wildman–Crippen MR) is 73.9 cm³/mol. The van der Waals surface area contributed by atoms with E-state index >= 15 is 0 Å². The largest absolute Gasteiger partial charge is 0.319 e. The van der Waals surface area contributed by atoms with Crippen molar-refractivity contribution in [1.29, 1.82) is 0 Å². The summed E-state index contributed by atoms with van der Waals surface area (Å²) in [6.07, 6.45) is -3.85. The van der Waals surface area contributed by atoms with Crippen LogP contribution in [-0.4, -0.2) is 9.97 Å². The lowest BCUT2D eigenvalue weighted by Crippen LogP contribution is -2.22. The Morgan fingerprint density at radius 3 is 1.53 bits per heavy atom. The summed E-state index contributed by atoms with van der Waals surface area (Å²) in [5.41, 5.74) is 0. The number of alkyl halides is 2. The van der Waals surface area contributed by atoms with Gasteiger partial charge in [0, 0.05) is 10.6 Å². The summed E-state index contributed by atoms with van der Waals surface area (Å²) in [5.74, 6) is -3.15. The number of rotatable bonds is 4. The number of benzene rings is 2. The molecule has 0 bridgehead atoms. The summed E-state index contributed by atoms with van der Waals surface area (Å²) < 4.78 is 50.5. The summed E-state index contributed by atoms with van der Waals surface area (Å²) in [6, 6.07) is 15.6.